The Labute approximate surface area is 190 Å². The Balaban J connectivity index is 1.65. The first kappa shape index (κ1) is 20.4. The second-order valence-electron chi connectivity index (χ2n) is 9.37. The number of aliphatic carboxylic acids is 1. The first-order valence-electron chi connectivity index (χ1n) is 11.7. The molecule has 6 rings (SSSR count). The first-order chi connectivity index (χ1) is 16.1. The molecule has 1 saturated carbocycles. The van der Waals surface area contributed by atoms with Crippen LogP contribution in [-0.2, 0) is 9.53 Å². The highest BCUT2D eigenvalue weighted by atomic mass is 19.1. The number of carbonyl (C=O) groups is 1. The molecule has 1 saturated heterocycles. The second-order valence-corrected chi connectivity index (χ2v) is 9.37. The Morgan fingerprint density at radius 3 is 2.61 bits per heavy atom. The van der Waals surface area contributed by atoms with Crippen molar-refractivity contribution < 1.29 is 19.0 Å². The minimum Gasteiger partial charge on any atom is -0.481 e. The quantitative estimate of drug-likeness (QED) is 0.432. The highest BCUT2D eigenvalue weighted by molar-refractivity contribution is 5.99. The van der Waals surface area contributed by atoms with Crippen LogP contribution in [-0.4, -0.2) is 39.1 Å². The molecule has 7 heteroatoms. The molecule has 3 heterocycles. The molecule has 6 nitrogen and oxygen atoms in total. The molecule has 170 valence electrons. The van der Waals surface area contributed by atoms with Crippen molar-refractivity contribution in [2.75, 3.05) is 13.2 Å². The monoisotopic (exact) mass is 447 g/mol. The zero-order chi connectivity index (χ0) is 22.5. The Bertz CT molecular complexity index is 1330. The number of ether oxygens (including phenoxy) is 1. The van der Waals surface area contributed by atoms with Gasteiger partial charge in [-0.25, -0.2) is 4.39 Å². The van der Waals surface area contributed by atoms with Crippen molar-refractivity contribution in [3.63, 3.8) is 0 Å². The van der Waals surface area contributed by atoms with Gasteiger partial charge in [-0.1, -0.05) is 0 Å². The predicted molar refractivity (Wildman–Crippen MR) is 123 cm³/mol. The maximum absolute atomic E-state index is 13.8. The van der Waals surface area contributed by atoms with Gasteiger partial charge in [0.1, 0.15) is 5.82 Å². The lowest BCUT2D eigenvalue weighted by Crippen LogP contribution is -2.19. The maximum Gasteiger partial charge on any atom is 0.306 e. The van der Waals surface area contributed by atoms with E-state index in [1.165, 1.54) is 23.4 Å². The molecule has 0 unspecified atom stereocenters. The minimum absolute atomic E-state index is 0.175. The summed E-state index contributed by atoms with van der Waals surface area (Å²) in [6.45, 7) is 1.42. The van der Waals surface area contributed by atoms with Crippen molar-refractivity contribution in [1.82, 2.24) is 14.8 Å². The van der Waals surface area contributed by atoms with Gasteiger partial charge in [0.05, 0.1) is 23.1 Å². The van der Waals surface area contributed by atoms with Crippen LogP contribution in [0.1, 0.15) is 55.2 Å². The Morgan fingerprint density at radius 2 is 1.88 bits per heavy atom. The van der Waals surface area contributed by atoms with Crippen LogP contribution in [0.25, 0.3) is 27.5 Å². The third kappa shape index (κ3) is 3.42. The zero-order valence-electron chi connectivity index (χ0n) is 18.3. The zero-order valence-corrected chi connectivity index (χ0v) is 18.3. The van der Waals surface area contributed by atoms with Gasteiger partial charge in [-0.3, -0.25) is 9.89 Å². The second kappa shape index (κ2) is 7.99. The van der Waals surface area contributed by atoms with Crippen molar-refractivity contribution in [1.29, 1.82) is 0 Å². The number of fused-ring (bicyclic) bond motifs is 2. The molecular weight excluding hydrogens is 421 g/mol. The number of halogens is 1. The van der Waals surface area contributed by atoms with Crippen LogP contribution >= 0.6 is 0 Å². The van der Waals surface area contributed by atoms with Crippen molar-refractivity contribution in [2.24, 2.45) is 5.92 Å². The van der Waals surface area contributed by atoms with Gasteiger partial charge in [0.15, 0.2) is 0 Å². The summed E-state index contributed by atoms with van der Waals surface area (Å²) in [4.78, 5) is 11.8. The van der Waals surface area contributed by atoms with E-state index >= 15 is 0 Å². The summed E-state index contributed by atoms with van der Waals surface area (Å²) in [6.07, 6.45) is 5.85. The summed E-state index contributed by atoms with van der Waals surface area (Å²) in [5, 5.41) is 19.1. The number of nitrogens with one attached hydrogen (secondary N) is 1. The molecule has 0 amide bonds. The summed E-state index contributed by atoms with van der Waals surface area (Å²) in [5.74, 6) is -0.804. The van der Waals surface area contributed by atoms with Gasteiger partial charge in [-0.15, -0.1) is 0 Å². The highest BCUT2D eigenvalue weighted by Crippen LogP contribution is 2.48. The number of hydrogen-bond donors (Lipinski definition) is 2. The number of H-pyrrole nitrogens is 1. The Hall–Kier alpha value is -3.19. The van der Waals surface area contributed by atoms with Crippen LogP contribution in [0.15, 0.2) is 42.6 Å². The van der Waals surface area contributed by atoms with E-state index in [1.807, 2.05) is 18.3 Å². The van der Waals surface area contributed by atoms with Crippen LogP contribution in [0.2, 0.25) is 0 Å². The van der Waals surface area contributed by atoms with Gasteiger partial charge >= 0.3 is 5.97 Å². The largest absolute Gasteiger partial charge is 0.481 e. The Kier molecular flexibility index (Phi) is 4.94. The fourth-order valence-electron chi connectivity index (χ4n) is 5.91. The molecule has 1 aliphatic carbocycles. The number of aromatic amines is 1. The molecule has 2 atom stereocenters. The SMILES string of the molecule is O=C(O)[C@@H]1CC[C@@H](c2c(C3CCOCC3)n(-c3ccc(F)cc3)c3cc4cn[nH]c4cc23)C1. The van der Waals surface area contributed by atoms with Crippen LogP contribution in [0.3, 0.4) is 0 Å². The molecule has 0 bridgehead atoms. The Morgan fingerprint density at radius 1 is 1.09 bits per heavy atom. The molecule has 2 aromatic carbocycles. The van der Waals surface area contributed by atoms with E-state index in [1.54, 1.807) is 0 Å². The number of carboxylic acids is 1. The van der Waals surface area contributed by atoms with Crippen molar-refractivity contribution in [3.05, 3.63) is 59.7 Å². The molecule has 4 aromatic rings. The van der Waals surface area contributed by atoms with Crippen LogP contribution in [0.4, 0.5) is 4.39 Å². The van der Waals surface area contributed by atoms with E-state index in [9.17, 15) is 14.3 Å². The lowest BCUT2D eigenvalue weighted by atomic mass is 9.86. The van der Waals surface area contributed by atoms with E-state index in [2.05, 4.69) is 26.9 Å². The summed E-state index contributed by atoms with van der Waals surface area (Å²) >= 11 is 0. The average molecular weight is 448 g/mol. The van der Waals surface area contributed by atoms with Gasteiger partial charge in [0.25, 0.3) is 0 Å². The standard InChI is InChI=1S/C26H26FN3O3/c27-19-3-5-20(6-4-19)30-23-12-18-14-28-29-22(18)13-21(23)24(16-1-2-17(11-16)26(31)32)25(30)15-7-9-33-10-8-15/h3-6,12-17H,1-2,7-11H2,(H,28,29)(H,31,32)/t16-,17-/m1/s1. The van der Waals surface area contributed by atoms with Gasteiger partial charge in [-0.2, -0.15) is 5.10 Å². The van der Waals surface area contributed by atoms with Gasteiger partial charge in [-0.05, 0) is 80.0 Å². The third-order valence-corrected chi connectivity index (χ3v) is 7.49. The molecule has 2 aliphatic rings. The average Bonchev–Trinajstić information content (AvgIpc) is 3.55. The normalized spacial score (nSPS) is 21.8. The number of nitrogens with zero attached hydrogens (tertiary/aromatic N) is 2. The van der Waals surface area contributed by atoms with Crippen molar-refractivity contribution >= 4 is 27.8 Å². The third-order valence-electron chi connectivity index (χ3n) is 7.49. The van der Waals surface area contributed by atoms with Crippen molar-refractivity contribution in [2.45, 2.75) is 43.9 Å². The van der Waals surface area contributed by atoms with E-state index in [0.717, 1.165) is 46.8 Å². The molecule has 1 aliphatic heterocycles. The highest BCUT2D eigenvalue weighted by Gasteiger charge is 2.36. The lowest BCUT2D eigenvalue weighted by Gasteiger charge is -2.27. The number of rotatable bonds is 4. The molecule has 2 fully saturated rings. The number of aromatic nitrogens is 3. The van der Waals surface area contributed by atoms with E-state index in [4.69, 9.17) is 4.74 Å². The molecule has 2 aromatic heterocycles. The summed E-state index contributed by atoms with van der Waals surface area (Å²) in [6, 6.07) is 11.0. The lowest BCUT2D eigenvalue weighted by molar-refractivity contribution is -0.141. The maximum atomic E-state index is 13.8. The number of benzene rings is 2. The van der Waals surface area contributed by atoms with Crippen LogP contribution in [0.5, 0.6) is 0 Å². The predicted octanol–water partition coefficient (Wildman–Crippen LogP) is 5.51. The van der Waals surface area contributed by atoms with Crippen molar-refractivity contribution in [3.8, 4) is 5.69 Å². The van der Waals surface area contributed by atoms with Gasteiger partial charge in [0.2, 0.25) is 0 Å². The van der Waals surface area contributed by atoms with Crippen LogP contribution in [0, 0.1) is 11.7 Å². The van der Waals surface area contributed by atoms with E-state index < -0.39 is 5.97 Å². The smallest absolute Gasteiger partial charge is 0.306 e. The van der Waals surface area contributed by atoms with E-state index in [-0.39, 0.29) is 17.7 Å². The van der Waals surface area contributed by atoms with Crippen LogP contribution < -0.4 is 0 Å². The number of carboxylic acid groups (broad SMARTS) is 1. The summed E-state index contributed by atoms with van der Waals surface area (Å²) in [7, 11) is 0. The van der Waals surface area contributed by atoms with Gasteiger partial charge in [0, 0.05) is 41.3 Å². The number of hydrogen-bond acceptors (Lipinski definition) is 3. The summed E-state index contributed by atoms with van der Waals surface area (Å²) in [5.41, 5.74) is 5.43. The first-order valence-corrected chi connectivity index (χ1v) is 11.7. The topological polar surface area (TPSA) is 80.1 Å². The fourth-order valence-corrected chi connectivity index (χ4v) is 5.91. The molecular formula is C26H26FN3O3. The van der Waals surface area contributed by atoms with E-state index in [0.29, 0.717) is 32.0 Å². The molecule has 0 spiro atoms. The fraction of sp³-hybridized carbons (Fsp3) is 0.385. The molecule has 0 radical (unpaired) electrons. The minimum atomic E-state index is -0.705. The summed E-state index contributed by atoms with van der Waals surface area (Å²) < 4.78 is 21.8. The molecule has 33 heavy (non-hydrogen) atoms. The molecule has 2 N–H and O–H groups in total. The van der Waals surface area contributed by atoms with Gasteiger partial charge < -0.3 is 14.4 Å².